The fourth-order valence-electron chi connectivity index (χ4n) is 2.32. The highest BCUT2D eigenvalue weighted by Crippen LogP contribution is 2.20. The molecule has 2 rings (SSSR count). The van der Waals surface area contributed by atoms with E-state index in [0.29, 0.717) is 33.5 Å². The molecule has 0 saturated carbocycles. The molecular formula is C19H20Cl2N2O3. The smallest absolute Gasteiger partial charge is 0.255 e. The Hall–Kier alpha value is -2.08. The van der Waals surface area contributed by atoms with Crippen LogP contribution in [0, 0.1) is 0 Å². The van der Waals surface area contributed by atoms with Gasteiger partial charge in [-0.1, -0.05) is 30.1 Å². The predicted octanol–water partition coefficient (Wildman–Crippen LogP) is 4.40. The molecular weight excluding hydrogens is 375 g/mol. The van der Waals surface area contributed by atoms with Gasteiger partial charge in [0.1, 0.15) is 0 Å². The van der Waals surface area contributed by atoms with Crippen molar-refractivity contribution in [2.75, 3.05) is 19.0 Å². The summed E-state index contributed by atoms with van der Waals surface area (Å²) >= 11 is 11.8. The molecule has 0 fully saturated rings. The van der Waals surface area contributed by atoms with Gasteiger partial charge in [-0.3, -0.25) is 9.59 Å². The number of carbonyl (C=O) groups excluding carboxylic acids is 2. The standard InChI is InChI=1S/C19H20Cl2N2O3/c1-3-16(11-26-2)22-18(24)12-4-6-17(7-5-12)23-19(25)13-8-14(20)10-15(21)9-13/h4-10,16H,3,11H2,1-2H3,(H,22,24)(H,23,25). The molecule has 0 radical (unpaired) electrons. The highest BCUT2D eigenvalue weighted by molar-refractivity contribution is 6.35. The lowest BCUT2D eigenvalue weighted by Crippen LogP contribution is -2.37. The third-order valence-corrected chi connectivity index (χ3v) is 4.16. The maximum Gasteiger partial charge on any atom is 0.255 e. The molecule has 1 unspecified atom stereocenters. The topological polar surface area (TPSA) is 67.4 Å². The molecule has 0 saturated heterocycles. The van der Waals surface area contributed by atoms with E-state index in [1.165, 1.54) is 12.1 Å². The number of methoxy groups -OCH3 is 1. The van der Waals surface area contributed by atoms with Gasteiger partial charge in [0.15, 0.2) is 0 Å². The van der Waals surface area contributed by atoms with Crippen LogP contribution in [0.3, 0.4) is 0 Å². The molecule has 0 aromatic heterocycles. The van der Waals surface area contributed by atoms with E-state index < -0.39 is 0 Å². The fourth-order valence-corrected chi connectivity index (χ4v) is 2.85. The molecule has 2 N–H and O–H groups in total. The number of nitrogens with one attached hydrogen (secondary N) is 2. The fraction of sp³-hybridized carbons (Fsp3) is 0.263. The number of rotatable bonds is 7. The average molecular weight is 395 g/mol. The second-order valence-corrected chi connectivity index (χ2v) is 6.60. The largest absolute Gasteiger partial charge is 0.383 e. The molecule has 138 valence electrons. The summed E-state index contributed by atoms with van der Waals surface area (Å²) in [6.07, 6.45) is 0.774. The van der Waals surface area contributed by atoms with E-state index >= 15 is 0 Å². The zero-order valence-electron chi connectivity index (χ0n) is 14.5. The predicted molar refractivity (Wildman–Crippen MR) is 104 cm³/mol. The Morgan fingerprint density at radius 1 is 1.00 bits per heavy atom. The number of halogens is 2. The quantitative estimate of drug-likeness (QED) is 0.730. The summed E-state index contributed by atoms with van der Waals surface area (Å²) in [4.78, 5) is 24.5. The van der Waals surface area contributed by atoms with E-state index in [1.54, 1.807) is 37.4 Å². The van der Waals surface area contributed by atoms with Crippen molar-refractivity contribution in [3.8, 4) is 0 Å². The number of ether oxygens (including phenoxy) is 1. The highest BCUT2D eigenvalue weighted by atomic mass is 35.5. The molecule has 7 heteroatoms. The number of anilines is 1. The minimum Gasteiger partial charge on any atom is -0.383 e. The van der Waals surface area contributed by atoms with Crippen molar-refractivity contribution in [3.63, 3.8) is 0 Å². The van der Waals surface area contributed by atoms with Crippen LogP contribution in [0.5, 0.6) is 0 Å². The van der Waals surface area contributed by atoms with Gasteiger partial charge in [-0.05, 0) is 48.9 Å². The third-order valence-electron chi connectivity index (χ3n) is 3.73. The number of carbonyl (C=O) groups is 2. The second kappa shape index (κ2) is 9.57. The lowest BCUT2D eigenvalue weighted by molar-refractivity contribution is 0.0894. The third kappa shape index (κ3) is 5.73. The first-order chi connectivity index (χ1) is 12.4. The van der Waals surface area contributed by atoms with Crippen LogP contribution in [0.1, 0.15) is 34.1 Å². The molecule has 0 aliphatic carbocycles. The molecule has 1 atom stereocenters. The Balaban J connectivity index is 2.02. The lowest BCUT2D eigenvalue weighted by Gasteiger charge is -2.16. The van der Waals surface area contributed by atoms with Crippen molar-refractivity contribution in [1.29, 1.82) is 0 Å². The van der Waals surface area contributed by atoms with Crippen molar-refractivity contribution in [2.24, 2.45) is 0 Å². The normalized spacial score (nSPS) is 11.7. The van der Waals surface area contributed by atoms with Crippen molar-refractivity contribution in [3.05, 3.63) is 63.6 Å². The van der Waals surface area contributed by atoms with E-state index in [1.807, 2.05) is 6.92 Å². The maximum atomic E-state index is 12.3. The van der Waals surface area contributed by atoms with Gasteiger partial charge in [-0.2, -0.15) is 0 Å². The first kappa shape index (κ1) is 20.2. The summed E-state index contributed by atoms with van der Waals surface area (Å²) in [5.41, 5.74) is 1.42. The molecule has 0 heterocycles. The SMILES string of the molecule is CCC(COC)NC(=O)c1ccc(NC(=O)c2cc(Cl)cc(Cl)c2)cc1. The summed E-state index contributed by atoms with van der Waals surface area (Å²) in [5, 5.41) is 6.42. The van der Waals surface area contributed by atoms with Crippen LogP contribution in [0.4, 0.5) is 5.69 Å². The van der Waals surface area contributed by atoms with Gasteiger partial charge < -0.3 is 15.4 Å². The van der Waals surface area contributed by atoms with Crippen LogP contribution in [-0.4, -0.2) is 31.6 Å². The Morgan fingerprint density at radius 3 is 2.15 bits per heavy atom. The highest BCUT2D eigenvalue weighted by Gasteiger charge is 2.13. The molecule has 5 nitrogen and oxygen atoms in total. The van der Waals surface area contributed by atoms with Crippen LogP contribution in [0.25, 0.3) is 0 Å². The lowest BCUT2D eigenvalue weighted by atomic mass is 10.1. The van der Waals surface area contributed by atoms with Gasteiger partial charge in [0.2, 0.25) is 0 Å². The molecule has 0 aliphatic heterocycles. The van der Waals surface area contributed by atoms with Crippen molar-refractivity contribution < 1.29 is 14.3 Å². The van der Waals surface area contributed by atoms with E-state index in [9.17, 15) is 9.59 Å². The number of hydrogen-bond acceptors (Lipinski definition) is 3. The van der Waals surface area contributed by atoms with Gasteiger partial charge in [-0.25, -0.2) is 0 Å². The van der Waals surface area contributed by atoms with Gasteiger partial charge in [0, 0.05) is 34.0 Å². The van der Waals surface area contributed by atoms with Crippen molar-refractivity contribution in [1.82, 2.24) is 5.32 Å². The van der Waals surface area contributed by atoms with Crippen molar-refractivity contribution in [2.45, 2.75) is 19.4 Å². The first-order valence-corrected chi connectivity index (χ1v) is 8.85. The minimum atomic E-state index is -0.335. The van der Waals surface area contributed by atoms with Gasteiger partial charge >= 0.3 is 0 Å². The Labute approximate surface area is 162 Å². The molecule has 26 heavy (non-hydrogen) atoms. The van der Waals surface area contributed by atoms with Gasteiger partial charge in [0.05, 0.1) is 12.6 Å². The summed E-state index contributed by atoms with van der Waals surface area (Å²) < 4.78 is 5.07. The minimum absolute atomic E-state index is 0.0422. The van der Waals surface area contributed by atoms with Gasteiger partial charge in [-0.15, -0.1) is 0 Å². The Morgan fingerprint density at radius 2 is 1.62 bits per heavy atom. The number of benzene rings is 2. The Bertz CT molecular complexity index is 759. The second-order valence-electron chi connectivity index (χ2n) is 5.72. The molecule has 2 amide bonds. The number of hydrogen-bond donors (Lipinski definition) is 2. The van der Waals surface area contributed by atoms with E-state index in [0.717, 1.165) is 6.42 Å². The molecule has 0 spiro atoms. The van der Waals surface area contributed by atoms with E-state index in [4.69, 9.17) is 27.9 Å². The van der Waals surface area contributed by atoms with E-state index in [2.05, 4.69) is 10.6 Å². The van der Waals surface area contributed by atoms with Crippen LogP contribution < -0.4 is 10.6 Å². The molecule has 2 aromatic carbocycles. The zero-order valence-corrected chi connectivity index (χ0v) is 16.0. The number of amides is 2. The van der Waals surface area contributed by atoms with Gasteiger partial charge in [0.25, 0.3) is 11.8 Å². The molecule has 0 bridgehead atoms. The molecule has 0 aliphatic rings. The zero-order chi connectivity index (χ0) is 19.1. The summed E-state index contributed by atoms with van der Waals surface area (Å²) in [5.74, 6) is -0.522. The first-order valence-electron chi connectivity index (χ1n) is 8.10. The van der Waals surface area contributed by atoms with Crippen LogP contribution >= 0.6 is 23.2 Å². The molecule has 2 aromatic rings. The maximum absolute atomic E-state index is 12.3. The summed E-state index contributed by atoms with van der Waals surface area (Å²) in [6, 6.07) is 11.2. The van der Waals surface area contributed by atoms with Crippen LogP contribution in [-0.2, 0) is 4.74 Å². The summed E-state index contributed by atoms with van der Waals surface area (Å²) in [6.45, 7) is 2.43. The summed E-state index contributed by atoms with van der Waals surface area (Å²) in [7, 11) is 1.60. The van der Waals surface area contributed by atoms with Crippen LogP contribution in [0.2, 0.25) is 10.0 Å². The average Bonchev–Trinajstić information content (AvgIpc) is 2.61. The van der Waals surface area contributed by atoms with E-state index in [-0.39, 0.29) is 17.9 Å². The van der Waals surface area contributed by atoms with Crippen LogP contribution in [0.15, 0.2) is 42.5 Å². The van der Waals surface area contributed by atoms with Crippen molar-refractivity contribution >= 4 is 40.7 Å². The monoisotopic (exact) mass is 394 g/mol. The Kier molecular flexibility index (Phi) is 7.45.